The molecule has 0 amide bonds. The van der Waals surface area contributed by atoms with Crippen LogP contribution in [0.2, 0.25) is 0 Å². The lowest BCUT2D eigenvalue weighted by Gasteiger charge is -2.19. The van der Waals surface area contributed by atoms with E-state index in [4.69, 9.17) is 10.4 Å². The summed E-state index contributed by atoms with van der Waals surface area (Å²) < 4.78 is 0. The standard InChI is InChI=1S/C9H18N2O/c1-3-11(7-4-6-10)8-5-9(2)12/h9,12H,3-5,7-8H2,1-2H3. The Morgan fingerprint density at radius 1 is 1.50 bits per heavy atom. The highest BCUT2D eigenvalue weighted by Gasteiger charge is 2.03. The van der Waals surface area contributed by atoms with E-state index in [1.165, 1.54) is 0 Å². The van der Waals surface area contributed by atoms with Crippen molar-refractivity contribution >= 4 is 0 Å². The maximum atomic E-state index is 9.03. The predicted molar refractivity (Wildman–Crippen MR) is 48.6 cm³/mol. The number of nitrogens with zero attached hydrogens (tertiary/aromatic N) is 2. The molecule has 0 radical (unpaired) electrons. The fourth-order valence-corrected chi connectivity index (χ4v) is 1.01. The molecule has 3 nitrogen and oxygen atoms in total. The molecule has 0 bridgehead atoms. The first-order chi connectivity index (χ1) is 5.70. The number of rotatable bonds is 6. The number of aliphatic hydroxyl groups excluding tert-OH is 1. The molecule has 12 heavy (non-hydrogen) atoms. The van der Waals surface area contributed by atoms with Crippen molar-refractivity contribution in [1.82, 2.24) is 4.90 Å². The first kappa shape index (κ1) is 11.4. The fraction of sp³-hybridized carbons (Fsp3) is 0.889. The highest BCUT2D eigenvalue weighted by Crippen LogP contribution is 1.96. The Morgan fingerprint density at radius 3 is 2.58 bits per heavy atom. The van der Waals surface area contributed by atoms with Gasteiger partial charge in [0.05, 0.1) is 12.2 Å². The van der Waals surface area contributed by atoms with Gasteiger partial charge >= 0.3 is 0 Å². The first-order valence-electron chi connectivity index (χ1n) is 4.48. The molecule has 0 saturated carbocycles. The molecule has 0 aliphatic rings. The van der Waals surface area contributed by atoms with E-state index in [-0.39, 0.29) is 6.10 Å². The molecule has 0 aliphatic carbocycles. The number of hydrogen-bond donors (Lipinski definition) is 1. The van der Waals surface area contributed by atoms with Gasteiger partial charge in [-0.2, -0.15) is 5.26 Å². The van der Waals surface area contributed by atoms with Crippen molar-refractivity contribution in [3.05, 3.63) is 0 Å². The Morgan fingerprint density at radius 2 is 2.17 bits per heavy atom. The van der Waals surface area contributed by atoms with Gasteiger partial charge in [0, 0.05) is 19.5 Å². The molecule has 0 aromatic carbocycles. The summed E-state index contributed by atoms with van der Waals surface area (Å²) in [5.74, 6) is 0. The van der Waals surface area contributed by atoms with E-state index in [0.717, 1.165) is 26.1 Å². The van der Waals surface area contributed by atoms with E-state index in [1.807, 2.05) is 0 Å². The Hall–Kier alpha value is -0.590. The number of hydrogen-bond acceptors (Lipinski definition) is 3. The third-order valence-corrected chi connectivity index (χ3v) is 1.85. The van der Waals surface area contributed by atoms with Crippen LogP contribution in [0.1, 0.15) is 26.7 Å². The van der Waals surface area contributed by atoms with E-state index < -0.39 is 0 Å². The molecule has 0 fully saturated rings. The van der Waals surface area contributed by atoms with Gasteiger partial charge in [0.1, 0.15) is 0 Å². The molecular weight excluding hydrogens is 152 g/mol. The van der Waals surface area contributed by atoms with Gasteiger partial charge in [-0.25, -0.2) is 0 Å². The van der Waals surface area contributed by atoms with E-state index in [0.29, 0.717) is 6.42 Å². The van der Waals surface area contributed by atoms with Gasteiger partial charge in [0.2, 0.25) is 0 Å². The highest BCUT2D eigenvalue weighted by atomic mass is 16.3. The number of nitriles is 1. The topological polar surface area (TPSA) is 47.3 Å². The molecule has 1 unspecified atom stereocenters. The summed E-state index contributed by atoms with van der Waals surface area (Å²) in [6.07, 6.45) is 1.13. The molecule has 0 saturated heterocycles. The minimum atomic E-state index is -0.235. The molecule has 0 aromatic heterocycles. The molecule has 1 N–H and O–H groups in total. The molecule has 0 aliphatic heterocycles. The second-order valence-corrected chi connectivity index (χ2v) is 2.98. The van der Waals surface area contributed by atoms with E-state index in [1.54, 1.807) is 6.92 Å². The zero-order valence-corrected chi connectivity index (χ0v) is 7.95. The van der Waals surface area contributed by atoms with Gasteiger partial charge in [-0.3, -0.25) is 0 Å². The number of aliphatic hydroxyl groups is 1. The SMILES string of the molecule is CCN(CCC#N)CCC(C)O. The van der Waals surface area contributed by atoms with Crippen molar-refractivity contribution in [3.63, 3.8) is 0 Å². The van der Waals surface area contributed by atoms with Crippen LogP contribution in [0.5, 0.6) is 0 Å². The smallest absolute Gasteiger partial charge is 0.0635 e. The van der Waals surface area contributed by atoms with E-state index in [9.17, 15) is 0 Å². The minimum Gasteiger partial charge on any atom is -0.393 e. The van der Waals surface area contributed by atoms with Crippen LogP contribution in [-0.2, 0) is 0 Å². The van der Waals surface area contributed by atoms with Crippen LogP contribution >= 0.6 is 0 Å². The quantitative estimate of drug-likeness (QED) is 0.646. The molecule has 3 heteroatoms. The zero-order valence-electron chi connectivity index (χ0n) is 7.95. The summed E-state index contributed by atoms with van der Waals surface area (Å²) >= 11 is 0. The monoisotopic (exact) mass is 170 g/mol. The molecule has 0 rings (SSSR count). The lowest BCUT2D eigenvalue weighted by molar-refractivity contribution is 0.159. The van der Waals surface area contributed by atoms with Gasteiger partial charge in [-0.15, -0.1) is 0 Å². The normalized spacial score (nSPS) is 12.9. The third kappa shape index (κ3) is 6.14. The van der Waals surface area contributed by atoms with Gasteiger partial charge in [0.15, 0.2) is 0 Å². The van der Waals surface area contributed by atoms with Gasteiger partial charge in [0.25, 0.3) is 0 Å². The van der Waals surface area contributed by atoms with Gasteiger partial charge < -0.3 is 10.0 Å². The second-order valence-electron chi connectivity index (χ2n) is 2.98. The van der Waals surface area contributed by atoms with Crippen molar-refractivity contribution in [2.75, 3.05) is 19.6 Å². The van der Waals surface area contributed by atoms with Gasteiger partial charge in [-0.05, 0) is 19.9 Å². The van der Waals surface area contributed by atoms with Crippen LogP contribution in [0.3, 0.4) is 0 Å². The van der Waals surface area contributed by atoms with E-state index in [2.05, 4.69) is 17.9 Å². The Kier molecular flexibility index (Phi) is 6.73. The van der Waals surface area contributed by atoms with Crippen LogP contribution < -0.4 is 0 Å². The van der Waals surface area contributed by atoms with Crippen LogP contribution in [0.15, 0.2) is 0 Å². The highest BCUT2D eigenvalue weighted by molar-refractivity contribution is 4.72. The van der Waals surface area contributed by atoms with Crippen LogP contribution in [0.25, 0.3) is 0 Å². The van der Waals surface area contributed by atoms with Crippen molar-refractivity contribution in [2.24, 2.45) is 0 Å². The maximum absolute atomic E-state index is 9.03. The molecule has 0 aromatic rings. The lowest BCUT2D eigenvalue weighted by Crippen LogP contribution is -2.27. The molecule has 0 spiro atoms. The Balaban J connectivity index is 3.47. The summed E-state index contributed by atoms with van der Waals surface area (Å²) in [5, 5.41) is 17.4. The summed E-state index contributed by atoms with van der Waals surface area (Å²) in [6.45, 7) is 6.52. The third-order valence-electron chi connectivity index (χ3n) is 1.85. The second kappa shape index (κ2) is 7.08. The summed E-state index contributed by atoms with van der Waals surface area (Å²) in [5.41, 5.74) is 0. The van der Waals surface area contributed by atoms with Gasteiger partial charge in [-0.1, -0.05) is 6.92 Å². The van der Waals surface area contributed by atoms with Crippen molar-refractivity contribution < 1.29 is 5.11 Å². The summed E-state index contributed by atoms with van der Waals surface area (Å²) in [4.78, 5) is 2.18. The average Bonchev–Trinajstić information content (AvgIpc) is 2.05. The zero-order chi connectivity index (χ0) is 9.40. The molecule has 0 heterocycles. The molecular formula is C9H18N2O. The summed E-state index contributed by atoms with van der Waals surface area (Å²) in [6, 6.07) is 2.12. The van der Waals surface area contributed by atoms with Crippen molar-refractivity contribution in [3.8, 4) is 6.07 Å². The van der Waals surface area contributed by atoms with Crippen molar-refractivity contribution in [1.29, 1.82) is 5.26 Å². The fourth-order valence-electron chi connectivity index (χ4n) is 1.01. The van der Waals surface area contributed by atoms with Crippen LogP contribution in [0.4, 0.5) is 0 Å². The molecule has 70 valence electrons. The first-order valence-corrected chi connectivity index (χ1v) is 4.48. The van der Waals surface area contributed by atoms with E-state index >= 15 is 0 Å². The average molecular weight is 170 g/mol. The maximum Gasteiger partial charge on any atom is 0.0635 e. The predicted octanol–water partition coefficient (Wildman–Crippen LogP) is 0.993. The lowest BCUT2D eigenvalue weighted by atomic mass is 10.2. The van der Waals surface area contributed by atoms with Crippen LogP contribution in [-0.4, -0.2) is 35.7 Å². The largest absolute Gasteiger partial charge is 0.393 e. The minimum absolute atomic E-state index is 0.235. The molecule has 1 atom stereocenters. The Labute approximate surface area is 74.6 Å². The van der Waals surface area contributed by atoms with Crippen LogP contribution in [0, 0.1) is 11.3 Å². The summed E-state index contributed by atoms with van der Waals surface area (Å²) in [7, 11) is 0. The Bertz CT molecular complexity index is 140. The van der Waals surface area contributed by atoms with Crippen molar-refractivity contribution in [2.45, 2.75) is 32.8 Å².